The molecule has 4 aromatic carbocycles. The first-order chi connectivity index (χ1) is 31.5. The van der Waals surface area contributed by atoms with Crippen molar-refractivity contribution < 1.29 is 37.6 Å². The Balaban J connectivity index is 1.35. The van der Waals surface area contributed by atoms with E-state index in [0.29, 0.717) is 29.0 Å². The van der Waals surface area contributed by atoms with E-state index in [9.17, 15) is 9.59 Å². The maximum absolute atomic E-state index is 13.5. The highest BCUT2D eigenvalue weighted by Gasteiger charge is 2.52. The van der Waals surface area contributed by atoms with Crippen LogP contribution in [0.15, 0.2) is 125 Å². The van der Waals surface area contributed by atoms with Gasteiger partial charge in [-0.3, -0.25) is 15.1 Å². The predicted octanol–water partition coefficient (Wildman–Crippen LogP) is 8.29. The first kappa shape index (κ1) is 47.0. The molecule has 0 aliphatic carbocycles. The second kappa shape index (κ2) is 21.3. The van der Waals surface area contributed by atoms with Gasteiger partial charge in [-0.15, -0.1) is 0 Å². The molecule has 342 valence electrons. The summed E-state index contributed by atoms with van der Waals surface area (Å²) in [6, 6.07) is 34.1. The molecule has 2 N–H and O–H groups in total. The molecular formula is C48H56N7O9P. The fourth-order valence-electron chi connectivity index (χ4n) is 8.05. The molecule has 1 aliphatic rings. The lowest BCUT2D eigenvalue weighted by atomic mass is 9.80. The van der Waals surface area contributed by atoms with Crippen LogP contribution in [0.2, 0.25) is 0 Å². The van der Waals surface area contributed by atoms with Crippen LogP contribution in [0.25, 0.3) is 5.65 Å². The summed E-state index contributed by atoms with van der Waals surface area (Å²) in [5.74, 6) is 0.851. The fourth-order valence-corrected chi connectivity index (χ4v) is 9.65. The SMILES string of the molecule is CC/C=N/OP(OC1C(COC(c2ccccc2)(c2ccc(OC)cc2)c2ccc(OC)cc2)OC(c2cnn3c(=O)[nH]c(NC(=O)c4ccccc4)nc23)C1OC)N(C(C)C)C(C)C. The number of nitrogens with one attached hydrogen (secondary N) is 2. The number of rotatable bonds is 20. The van der Waals surface area contributed by atoms with Crippen molar-refractivity contribution in [3.63, 3.8) is 0 Å². The third-order valence-electron chi connectivity index (χ3n) is 11.0. The van der Waals surface area contributed by atoms with Crippen molar-refractivity contribution in [2.45, 2.75) is 83.1 Å². The standard InChI is InChI=1S/C48H56N7O9P/c1-9-28-50-64-65(55(31(2)3)32(4)5)63-42-40(30-61-48(34-18-14-11-15-19-34,35-20-24-37(58-6)25-21-35)36-22-26-38(59-7)27-23-36)62-41(43(42)60-8)39-29-49-54-44(39)51-46(53-47(54)57)52-45(56)33-16-12-10-13-17-33/h10-29,31-32,40-43H,9,30H2,1-8H3,(H2,51,52,53,56,57)/b50-28+. The first-order valence-corrected chi connectivity index (χ1v) is 22.6. The minimum atomic E-state index is -1.87. The van der Waals surface area contributed by atoms with Crippen molar-refractivity contribution in [2.24, 2.45) is 5.16 Å². The van der Waals surface area contributed by atoms with Crippen LogP contribution >= 0.6 is 8.53 Å². The molecule has 7 rings (SSSR count). The van der Waals surface area contributed by atoms with Gasteiger partial charge in [-0.05, 0) is 87.2 Å². The summed E-state index contributed by atoms with van der Waals surface area (Å²) < 4.78 is 48.5. The van der Waals surface area contributed by atoms with E-state index in [0.717, 1.165) is 21.2 Å². The van der Waals surface area contributed by atoms with Crippen LogP contribution in [0, 0.1) is 0 Å². The average Bonchev–Trinajstić information content (AvgIpc) is 3.91. The summed E-state index contributed by atoms with van der Waals surface area (Å²) >= 11 is 0. The summed E-state index contributed by atoms with van der Waals surface area (Å²) in [7, 11) is 2.96. The van der Waals surface area contributed by atoms with Crippen molar-refractivity contribution in [3.8, 4) is 11.5 Å². The van der Waals surface area contributed by atoms with Gasteiger partial charge in [-0.1, -0.05) is 84.9 Å². The number of oxime groups is 1. The van der Waals surface area contributed by atoms with Crippen molar-refractivity contribution >= 4 is 32.2 Å². The highest BCUT2D eigenvalue weighted by molar-refractivity contribution is 7.44. The maximum Gasteiger partial charge on any atom is 0.350 e. The zero-order valence-electron chi connectivity index (χ0n) is 37.8. The average molecular weight is 906 g/mol. The van der Waals surface area contributed by atoms with Gasteiger partial charge in [-0.25, -0.2) is 9.46 Å². The van der Waals surface area contributed by atoms with Crippen molar-refractivity contribution in [1.82, 2.24) is 24.3 Å². The van der Waals surface area contributed by atoms with E-state index in [2.05, 4.69) is 57.9 Å². The monoisotopic (exact) mass is 905 g/mol. The number of methoxy groups -OCH3 is 3. The van der Waals surface area contributed by atoms with Gasteiger partial charge in [-0.2, -0.15) is 14.6 Å². The topological polar surface area (TPSA) is 172 Å². The lowest BCUT2D eigenvalue weighted by Crippen LogP contribution is -2.42. The Bertz CT molecular complexity index is 2500. The number of H-pyrrole nitrogens is 1. The van der Waals surface area contributed by atoms with Crippen LogP contribution in [0.4, 0.5) is 5.95 Å². The largest absolute Gasteiger partial charge is 0.497 e. The van der Waals surface area contributed by atoms with Gasteiger partial charge in [0, 0.05) is 36.5 Å². The summed E-state index contributed by atoms with van der Waals surface area (Å²) in [6.07, 6.45) is 0.460. The molecule has 1 aliphatic heterocycles. The van der Waals surface area contributed by atoms with Crippen molar-refractivity contribution in [1.29, 1.82) is 0 Å². The molecule has 65 heavy (non-hydrogen) atoms. The molecule has 6 aromatic rings. The summed E-state index contributed by atoms with van der Waals surface area (Å²) in [6.45, 7) is 10.2. The number of anilines is 1. The predicted molar refractivity (Wildman–Crippen MR) is 248 cm³/mol. The minimum absolute atomic E-state index is 0.00249. The quantitative estimate of drug-likeness (QED) is 0.0326. The number of amides is 1. The molecule has 16 nitrogen and oxygen atoms in total. The zero-order valence-corrected chi connectivity index (χ0v) is 38.7. The number of benzene rings is 4. The van der Waals surface area contributed by atoms with Gasteiger partial charge in [0.1, 0.15) is 41.5 Å². The van der Waals surface area contributed by atoms with Crippen molar-refractivity contribution in [2.75, 3.05) is 33.3 Å². The van der Waals surface area contributed by atoms with Crippen LogP contribution in [0.1, 0.15) is 79.8 Å². The van der Waals surface area contributed by atoms with Gasteiger partial charge in [0.25, 0.3) is 5.91 Å². The van der Waals surface area contributed by atoms with Gasteiger partial charge >= 0.3 is 14.2 Å². The van der Waals surface area contributed by atoms with E-state index < -0.39 is 50.1 Å². The van der Waals surface area contributed by atoms with E-state index >= 15 is 0 Å². The summed E-state index contributed by atoms with van der Waals surface area (Å²) in [5, 5.41) is 11.4. The van der Waals surface area contributed by atoms with Crippen LogP contribution < -0.4 is 20.5 Å². The molecule has 0 spiro atoms. The van der Waals surface area contributed by atoms with Crippen molar-refractivity contribution in [3.05, 3.63) is 154 Å². The first-order valence-electron chi connectivity index (χ1n) is 21.5. The molecule has 1 amide bonds. The van der Waals surface area contributed by atoms with Crippen LogP contribution in [-0.2, 0) is 29.0 Å². The molecule has 0 bridgehead atoms. The molecule has 3 heterocycles. The zero-order chi connectivity index (χ0) is 46.1. The number of aromatic nitrogens is 4. The minimum Gasteiger partial charge on any atom is -0.497 e. The molecule has 0 radical (unpaired) electrons. The normalized spacial score (nSPS) is 18.2. The fraction of sp³-hybridized carbons (Fsp3) is 0.354. The third-order valence-corrected chi connectivity index (χ3v) is 13.0. The Morgan fingerprint density at radius 1 is 0.877 bits per heavy atom. The number of ether oxygens (including phenoxy) is 5. The van der Waals surface area contributed by atoms with Crippen LogP contribution in [-0.4, -0.2) is 94.7 Å². The smallest absolute Gasteiger partial charge is 0.350 e. The second-order valence-electron chi connectivity index (χ2n) is 15.8. The van der Waals surface area contributed by atoms with Gasteiger partial charge in [0.2, 0.25) is 5.95 Å². The number of hydrogen-bond donors (Lipinski definition) is 2. The lowest BCUT2D eigenvalue weighted by molar-refractivity contribution is -0.0805. The molecule has 5 atom stereocenters. The highest BCUT2D eigenvalue weighted by atomic mass is 31.2. The Kier molecular flexibility index (Phi) is 15.4. The molecule has 17 heteroatoms. The van der Waals surface area contributed by atoms with Crippen LogP contribution in [0.3, 0.4) is 0 Å². The number of carbonyl (C=O) groups excluding carboxylic acids is 1. The molecule has 1 fully saturated rings. The number of hydrogen-bond acceptors (Lipinski definition) is 13. The maximum atomic E-state index is 13.5. The summed E-state index contributed by atoms with van der Waals surface area (Å²) in [4.78, 5) is 34.0. The Morgan fingerprint density at radius 2 is 1.46 bits per heavy atom. The lowest BCUT2D eigenvalue weighted by Gasteiger charge is -2.38. The van der Waals surface area contributed by atoms with E-state index in [1.165, 1.54) is 6.20 Å². The van der Waals surface area contributed by atoms with Crippen LogP contribution in [0.5, 0.6) is 11.5 Å². The molecule has 2 aromatic heterocycles. The molecule has 1 saturated heterocycles. The second-order valence-corrected chi connectivity index (χ2v) is 17.1. The number of nitrogens with zero attached hydrogens (tertiary/aromatic N) is 5. The van der Waals surface area contributed by atoms with E-state index in [-0.39, 0.29) is 30.3 Å². The van der Waals surface area contributed by atoms with E-state index in [1.54, 1.807) is 51.8 Å². The molecular weight excluding hydrogens is 850 g/mol. The third kappa shape index (κ3) is 10.1. The van der Waals surface area contributed by atoms with E-state index in [1.807, 2.05) is 91.9 Å². The molecule has 0 saturated carbocycles. The Hall–Kier alpha value is -6.00. The van der Waals surface area contributed by atoms with E-state index in [4.69, 9.17) is 32.8 Å². The van der Waals surface area contributed by atoms with Gasteiger partial charge < -0.3 is 32.8 Å². The number of carbonyl (C=O) groups is 1. The number of fused-ring (bicyclic) bond motifs is 1. The number of aromatic amines is 1. The Morgan fingerprint density at radius 3 is 2.02 bits per heavy atom. The molecule has 5 unspecified atom stereocenters. The highest BCUT2D eigenvalue weighted by Crippen LogP contribution is 2.52. The van der Waals surface area contributed by atoms with Gasteiger partial charge in [0.15, 0.2) is 5.65 Å². The Labute approximate surface area is 379 Å². The summed E-state index contributed by atoms with van der Waals surface area (Å²) in [5.41, 5.74) is 1.65. The van der Waals surface area contributed by atoms with Gasteiger partial charge in [0.05, 0.1) is 27.0 Å².